The lowest BCUT2D eigenvalue weighted by Crippen LogP contribution is -2.20. The van der Waals surface area contributed by atoms with E-state index in [4.69, 9.17) is 0 Å². The first-order valence-corrected chi connectivity index (χ1v) is 6.47. The average molecular weight is 350 g/mol. The highest BCUT2D eigenvalue weighted by atomic mass is 79.9. The fraction of sp³-hybridized carbons (Fsp3) is 0.364. The van der Waals surface area contributed by atoms with Gasteiger partial charge in [-0.1, -0.05) is 0 Å². The van der Waals surface area contributed by atoms with Crippen LogP contribution in [0.3, 0.4) is 0 Å². The van der Waals surface area contributed by atoms with Gasteiger partial charge >= 0.3 is 0 Å². The van der Waals surface area contributed by atoms with Crippen molar-refractivity contribution in [3.63, 3.8) is 0 Å². The fourth-order valence-corrected chi connectivity index (χ4v) is 1.75. The van der Waals surface area contributed by atoms with Crippen LogP contribution in [0.4, 0.5) is 5.69 Å². The second-order valence-corrected chi connectivity index (χ2v) is 5.44. The van der Waals surface area contributed by atoms with Gasteiger partial charge < -0.3 is 10.2 Å². The Balaban J connectivity index is 2.53. The largest absolute Gasteiger partial charge is 0.326 e. The molecule has 16 heavy (non-hydrogen) atoms. The molecule has 0 bridgehead atoms. The van der Waals surface area contributed by atoms with E-state index in [1.165, 1.54) is 0 Å². The van der Waals surface area contributed by atoms with E-state index in [1.54, 1.807) is 0 Å². The third-order valence-electron chi connectivity index (χ3n) is 1.99. The Bertz CT molecular complexity index is 380. The Hall–Kier alpha value is -0.390. The topological polar surface area (TPSA) is 32.3 Å². The molecule has 0 atom stereocenters. The first-order valence-electron chi connectivity index (χ1n) is 4.88. The molecular weight excluding hydrogens is 336 g/mol. The number of nitrogens with zero attached hydrogens (tertiary/aromatic N) is 1. The zero-order valence-corrected chi connectivity index (χ0v) is 12.4. The second kappa shape index (κ2) is 6.37. The molecule has 0 saturated carbocycles. The van der Waals surface area contributed by atoms with Gasteiger partial charge in [0.05, 0.1) is 0 Å². The first-order chi connectivity index (χ1) is 7.49. The van der Waals surface area contributed by atoms with Gasteiger partial charge in [-0.15, -0.1) is 0 Å². The van der Waals surface area contributed by atoms with Crippen LogP contribution in [-0.4, -0.2) is 31.4 Å². The van der Waals surface area contributed by atoms with Crippen molar-refractivity contribution in [3.8, 4) is 0 Å². The molecule has 5 heteroatoms. The van der Waals surface area contributed by atoms with E-state index in [1.807, 2.05) is 37.2 Å². The minimum Gasteiger partial charge on any atom is -0.326 e. The Kier molecular flexibility index (Phi) is 5.44. The zero-order chi connectivity index (χ0) is 12.1. The Labute approximate surface area is 112 Å². The molecule has 0 unspecified atom stereocenters. The lowest BCUT2D eigenvalue weighted by atomic mass is 10.3. The summed E-state index contributed by atoms with van der Waals surface area (Å²) in [5.74, 6) is 0.0305. The van der Waals surface area contributed by atoms with Crippen molar-refractivity contribution in [1.82, 2.24) is 4.90 Å². The summed E-state index contributed by atoms with van der Waals surface area (Å²) in [6.07, 6.45) is 0.501. The summed E-state index contributed by atoms with van der Waals surface area (Å²) in [4.78, 5) is 13.5. The third-order valence-corrected chi connectivity index (χ3v) is 3.87. The molecule has 0 aromatic heterocycles. The zero-order valence-electron chi connectivity index (χ0n) is 9.26. The van der Waals surface area contributed by atoms with Crippen LogP contribution in [0, 0.1) is 0 Å². The van der Waals surface area contributed by atoms with Crippen LogP contribution in [0.1, 0.15) is 6.42 Å². The SMILES string of the molecule is CN(C)CCC(=O)Nc1ccc(Br)c(Br)c1. The predicted octanol–water partition coefficient (Wildman–Crippen LogP) is 3.10. The smallest absolute Gasteiger partial charge is 0.225 e. The summed E-state index contributed by atoms with van der Waals surface area (Å²) in [5, 5.41) is 2.85. The van der Waals surface area contributed by atoms with Crippen molar-refractivity contribution >= 4 is 43.5 Å². The molecule has 0 radical (unpaired) electrons. The molecule has 0 aliphatic carbocycles. The summed E-state index contributed by atoms with van der Waals surface area (Å²) < 4.78 is 1.90. The molecule has 0 aliphatic rings. The number of carbonyl (C=O) groups is 1. The van der Waals surface area contributed by atoms with Gasteiger partial charge in [-0.2, -0.15) is 0 Å². The summed E-state index contributed by atoms with van der Waals surface area (Å²) >= 11 is 6.77. The van der Waals surface area contributed by atoms with E-state index in [9.17, 15) is 4.79 Å². The van der Waals surface area contributed by atoms with Crippen molar-refractivity contribution in [1.29, 1.82) is 0 Å². The van der Waals surface area contributed by atoms with Crippen LogP contribution < -0.4 is 5.32 Å². The number of hydrogen-bond donors (Lipinski definition) is 1. The summed E-state index contributed by atoms with van der Waals surface area (Å²) in [6, 6.07) is 5.63. The highest BCUT2D eigenvalue weighted by Gasteiger charge is 2.04. The monoisotopic (exact) mass is 348 g/mol. The Morgan fingerprint density at radius 1 is 1.31 bits per heavy atom. The molecule has 1 aromatic rings. The van der Waals surface area contributed by atoms with Crippen LogP contribution >= 0.6 is 31.9 Å². The van der Waals surface area contributed by atoms with Gasteiger partial charge in [0.1, 0.15) is 0 Å². The van der Waals surface area contributed by atoms with Crippen LogP contribution in [0.2, 0.25) is 0 Å². The lowest BCUT2D eigenvalue weighted by molar-refractivity contribution is -0.116. The maximum Gasteiger partial charge on any atom is 0.225 e. The Morgan fingerprint density at radius 3 is 2.56 bits per heavy atom. The lowest BCUT2D eigenvalue weighted by Gasteiger charge is -2.10. The number of halogens is 2. The summed E-state index contributed by atoms with van der Waals surface area (Å²) in [5.41, 5.74) is 0.804. The van der Waals surface area contributed by atoms with Crippen molar-refractivity contribution < 1.29 is 4.79 Å². The Morgan fingerprint density at radius 2 is 2.00 bits per heavy atom. The molecule has 3 nitrogen and oxygen atoms in total. The van der Waals surface area contributed by atoms with Crippen molar-refractivity contribution in [2.75, 3.05) is 26.0 Å². The van der Waals surface area contributed by atoms with E-state index in [0.29, 0.717) is 6.42 Å². The number of carbonyl (C=O) groups excluding carboxylic acids is 1. The van der Waals surface area contributed by atoms with Crippen LogP contribution in [-0.2, 0) is 4.79 Å². The van der Waals surface area contributed by atoms with Crippen molar-refractivity contribution in [3.05, 3.63) is 27.1 Å². The molecular formula is C11H14Br2N2O. The maximum atomic E-state index is 11.5. The van der Waals surface area contributed by atoms with E-state index < -0.39 is 0 Å². The van der Waals surface area contributed by atoms with Crippen molar-refractivity contribution in [2.45, 2.75) is 6.42 Å². The maximum absolute atomic E-state index is 11.5. The van der Waals surface area contributed by atoms with Crippen molar-refractivity contribution in [2.24, 2.45) is 0 Å². The van der Waals surface area contributed by atoms with Gasteiger partial charge in [0.15, 0.2) is 0 Å². The minimum atomic E-state index is 0.0305. The normalized spacial score (nSPS) is 10.6. The number of amides is 1. The molecule has 1 N–H and O–H groups in total. The number of hydrogen-bond acceptors (Lipinski definition) is 2. The quantitative estimate of drug-likeness (QED) is 0.905. The molecule has 1 rings (SSSR count). The van der Waals surface area contributed by atoms with E-state index in [-0.39, 0.29) is 5.91 Å². The molecule has 88 valence electrons. The molecule has 0 fully saturated rings. The third kappa shape index (κ3) is 4.63. The number of nitrogens with one attached hydrogen (secondary N) is 1. The number of anilines is 1. The van der Waals surface area contributed by atoms with Gasteiger partial charge in [0, 0.05) is 27.6 Å². The van der Waals surface area contributed by atoms with E-state index >= 15 is 0 Å². The molecule has 0 aliphatic heterocycles. The molecule has 0 saturated heterocycles. The van der Waals surface area contributed by atoms with Gasteiger partial charge in [0.2, 0.25) is 5.91 Å². The fourth-order valence-electron chi connectivity index (χ4n) is 1.12. The van der Waals surface area contributed by atoms with Crippen LogP contribution in [0.25, 0.3) is 0 Å². The molecule has 0 heterocycles. The van der Waals surface area contributed by atoms with Crippen LogP contribution in [0.15, 0.2) is 27.1 Å². The molecule has 1 amide bonds. The van der Waals surface area contributed by atoms with E-state index in [2.05, 4.69) is 37.2 Å². The highest BCUT2D eigenvalue weighted by Crippen LogP contribution is 2.25. The number of rotatable bonds is 4. The van der Waals surface area contributed by atoms with Gasteiger partial charge in [-0.25, -0.2) is 0 Å². The average Bonchev–Trinajstić information content (AvgIpc) is 2.21. The summed E-state index contributed by atoms with van der Waals surface area (Å²) in [6.45, 7) is 0.754. The van der Waals surface area contributed by atoms with E-state index in [0.717, 1.165) is 21.2 Å². The van der Waals surface area contributed by atoms with Gasteiger partial charge in [-0.05, 0) is 64.2 Å². The minimum absolute atomic E-state index is 0.0305. The number of benzene rings is 1. The van der Waals surface area contributed by atoms with Gasteiger partial charge in [-0.3, -0.25) is 4.79 Å². The summed E-state index contributed by atoms with van der Waals surface area (Å²) in [7, 11) is 3.90. The first kappa shape index (κ1) is 13.7. The second-order valence-electron chi connectivity index (χ2n) is 3.73. The van der Waals surface area contributed by atoms with Gasteiger partial charge in [0.25, 0.3) is 0 Å². The highest BCUT2D eigenvalue weighted by molar-refractivity contribution is 9.13. The molecule has 0 spiro atoms. The molecule has 1 aromatic carbocycles. The predicted molar refractivity (Wildman–Crippen MR) is 73.6 cm³/mol. The standard InChI is InChI=1S/C11H14Br2N2O/c1-15(2)6-5-11(16)14-8-3-4-9(12)10(13)7-8/h3-4,7H,5-6H2,1-2H3,(H,14,16). The van der Waals surface area contributed by atoms with Crippen LogP contribution in [0.5, 0.6) is 0 Å².